The number of aromatic nitrogens is 2. The average molecular weight is 463 g/mol. The quantitative estimate of drug-likeness (QED) is 0.535. The topological polar surface area (TPSA) is 56.2 Å². The summed E-state index contributed by atoms with van der Waals surface area (Å²) in [6, 6.07) is 13.2. The highest BCUT2D eigenvalue weighted by Gasteiger charge is 2.21. The van der Waals surface area contributed by atoms with Crippen molar-refractivity contribution in [3.05, 3.63) is 68.9 Å². The number of aryl methyl sites for hydroxylation is 2. The maximum Gasteiger partial charge on any atom is 0.265 e. The number of halogens is 2. The first-order chi connectivity index (χ1) is 13.3. The van der Waals surface area contributed by atoms with E-state index >= 15 is 0 Å². The predicted molar refractivity (Wildman–Crippen MR) is 116 cm³/mol. The Bertz CT molecular complexity index is 1020. The number of carbonyl (C=O) groups is 1. The van der Waals surface area contributed by atoms with E-state index < -0.39 is 6.10 Å². The predicted octanol–water partition coefficient (Wildman–Crippen LogP) is 5.62. The van der Waals surface area contributed by atoms with Crippen molar-refractivity contribution in [1.29, 1.82) is 0 Å². The molecule has 1 heterocycles. The molecule has 3 aromatic rings. The van der Waals surface area contributed by atoms with Crippen molar-refractivity contribution < 1.29 is 9.53 Å². The minimum absolute atomic E-state index is 0.253. The zero-order valence-electron chi connectivity index (χ0n) is 16.1. The molecule has 28 heavy (non-hydrogen) atoms. The van der Waals surface area contributed by atoms with Crippen LogP contribution in [0.15, 0.2) is 46.9 Å². The van der Waals surface area contributed by atoms with Crippen molar-refractivity contribution in [3.63, 3.8) is 0 Å². The van der Waals surface area contributed by atoms with Crippen LogP contribution in [0.1, 0.15) is 23.9 Å². The fourth-order valence-electron chi connectivity index (χ4n) is 2.80. The van der Waals surface area contributed by atoms with Crippen LogP contribution in [0, 0.1) is 20.8 Å². The molecule has 146 valence electrons. The van der Waals surface area contributed by atoms with E-state index in [9.17, 15) is 4.79 Å². The summed E-state index contributed by atoms with van der Waals surface area (Å²) in [6.07, 6.45) is -0.695. The molecule has 0 saturated carbocycles. The second kappa shape index (κ2) is 8.37. The Kier molecular flexibility index (Phi) is 6.10. The molecule has 7 heteroatoms. The van der Waals surface area contributed by atoms with Gasteiger partial charge in [-0.25, -0.2) is 4.68 Å². The zero-order valence-corrected chi connectivity index (χ0v) is 18.4. The number of hydrogen-bond donors (Lipinski definition) is 1. The van der Waals surface area contributed by atoms with Gasteiger partial charge in [-0.3, -0.25) is 4.79 Å². The number of nitrogens with zero attached hydrogens (tertiary/aromatic N) is 2. The molecule has 0 radical (unpaired) electrons. The molecule has 5 nitrogen and oxygen atoms in total. The summed E-state index contributed by atoms with van der Waals surface area (Å²) in [5.41, 5.74) is 4.41. The van der Waals surface area contributed by atoms with Crippen LogP contribution in [0.3, 0.4) is 0 Å². The number of hydrogen-bond acceptors (Lipinski definition) is 3. The van der Waals surface area contributed by atoms with Crippen LogP contribution in [0.5, 0.6) is 5.75 Å². The summed E-state index contributed by atoms with van der Waals surface area (Å²) < 4.78 is 8.29. The number of nitrogens with one attached hydrogen (secondary N) is 1. The lowest BCUT2D eigenvalue weighted by molar-refractivity contribution is -0.122. The highest BCUT2D eigenvalue weighted by atomic mass is 79.9. The van der Waals surface area contributed by atoms with E-state index in [4.69, 9.17) is 16.3 Å². The largest absolute Gasteiger partial charge is 0.480 e. The maximum absolute atomic E-state index is 12.7. The molecule has 0 spiro atoms. The van der Waals surface area contributed by atoms with Crippen LogP contribution in [-0.2, 0) is 4.79 Å². The molecule has 0 aliphatic heterocycles. The van der Waals surface area contributed by atoms with Gasteiger partial charge in [0.2, 0.25) is 0 Å². The molecule has 1 amide bonds. The van der Waals surface area contributed by atoms with E-state index in [1.165, 1.54) is 5.56 Å². The lowest BCUT2D eigenvalue weighted by Gasteiger charge is -2.16. The second-order valence-electron chi connectivity index (χ2n) is 6.62. The van der Waals surface area contributed by atoms with Gasteiger partial charge in [-0.2, -0.15) is 5.10 Å². The Morgan fingerprint density at radius 1 is 1.18 bits per heavy atom. The van der Waals surface area contributed by atoms with Crippen LogP contribution in [0.25, 0.3) is 5.69 Å². The molecular formula is C21H21BrClN3O2. The van der Waals surface area contributed by atoms with Gasteiger partial charge in [-0.1, -0.05) is 29.3 Å². The maximum atomic E-state index is 12.7. The molecule has 1 unspecified atom stereocenters. The Balaban J connectivity index is 1.77. The van der Waals surface area contributed by atoms with Crippen LogP contribution in [-0.4, -0.2) is 21.8 Å². The van der Waals surface area contributed by atoms with Crippen LogP contribution in [0.2, 0.25) is 5.02 Å². The van der Waals surface area contributed by atoms with Crippen molar-refractivity contribution >= 4 is 39.1 Å². The van der Waals surface area contributed by atoms with Gasteiger partial charge in [-0.05, 0) is 74.0 Å². The van der Waals surface area contributed by atoms with Gasteiger partial charge in [0.15, 0.2) is 6.10 Å². The van der Waals surface area contributed by atoms with E-state index in [1.54, 1.807) is 25.1 Å². The minimum Gasteiger partial charge on any atom is -0.480 e. The summed E-state index contributed by atoms with van der Waals surface area (Å²) in [4.78, 5) is 12.7. The zero-order chi connectivity index (χ0) is 20.4. The van der Waals surface area contributed by atoms with Gasteiger partial charge >= 0.3 is 0 Å². The van der Waals surface area contributed by atoms with E-state index in [1.807, 2.05) is 49.7 Å². The summed E-state index contributed by atoms with van der Waals surface area (Å²) in [5, 5.41) is 8.10. The lowest BCUT2D eigenvalue weighted by atomic mass is 10.2. The number of amides is 1. The molecule has 1 aromatic heterocycles. The highest BCUT2D eigenvalue weighted by Crippen LogP contribution is 2.29. The van der Waals surface area contributed by atoms with Crippen LogP contribution in [0.4, 0.5) is 5.69 Å². The molecule has 0 fully saturated rings. The highest BCUT2D eigenvalue weighted by molar-refractivity contribution is 9.10. The monoisotopic (exact) mass is 461 g/mol. The Morgan fingerprint density at radius 3 is 2.50 bits per heavy atom. The van der Waals surface area contributed by atoms with E-state index in [-0.39, 0.29) is 5.91 Å². The van der Waals surface area contributed by atoms with Crippen LogP contribution < -0.4 is 10.1 Å². The van der Waals surface area contributed by atoms with Gasteiger partial charge in [0.1, 0.15) is 5.75 Å². The molecule has 1 atom stereocenters. The fourth-order valence-corrected chi connectivity index (χ4v) is 3.58. The van der Waals surface area contributed by atoms with Crippen molar-refractivity contribution in [2.45, 2.75) is 33.8 Å². The SMILES string of the molecule is Cc1ccc(-n2nc(C)c(NC(=O)C(C)Oc3ccc(Cl)cc3Br)c2C)cc1. The summed E-state index contributed by atoms with van der Waals surface area (Å²) in [6.45, 7) is 7.54. The van der Waals surface area contributed by atoms with Gasteiger partial charge in [0.05, 0.1) is 27.2 Å². The Hall–Kier alpha value is -2.31. The smallest absolute Gasteiger partial charge is 0.265 e. The number of rotatable bonds is 5. The number of carbonyl (C=O) groups excluding carboxylic acids is 1. The van der Waals surface area contributed by atoms with Gasteiger partial charge in [0, 0.05) is 5.02 Å². The van der Waals surface area contributed by atoms with E-state index in [0.717, 1.165) is 17.1 Å². The van der Waals surface area contributed by atoms with Crippen molar-refractivity contribution in [2.24, 2.45) is 0 Å². The first-order valence-electron chi connectivity index (χ1n) is 8.82. The summed E-state index contributed by atoms with van der Waals surface area (Å²) in [7, 11) is 0. The molecule has 3 rings (SSSR count). The lowest BCUT2D eigenvalue weighted by Crippen LogP contribution is -2.30. The van der Waals surface area contributed by atoms with Gasteiger partial charge in [-0.15, -0.1) is 0 Å². The van der Waals surface area contributed by atoms with Crippen molar-refractivity contribution in [2.75, 3.05) is 5.32 Å². The number of ether oxygens (including phenoxy) is 1. The molecule has 0 aliphatic rings. The first kappa shape index (κ1) is 20.4. The van der Waals surface area contributed by atoms with Gasteiger partial charge in [0.25, 0.3) is 5.91 Å². The fraction of sp³-hybridized carbons (Fsp3) is 0.238. The third-order valence-corrected chi connectivity index (χ3v) is 5.24. The number of benzene rings is 2. The third-order valence-electron chi connectivity index (χ3n) is 4.38. The van der Waals surface area contributed by atoms with Gasteiger partial charge < -0.3 is 10.1 Å². The molecule has 1 N–H and O–H groups in total. The summed E-state index contributed by atoms with van der Waals surface area (Å²) >= 11 is 9.34. The first-order valence-corrected chi connectivity index (χ1v) is 9.99. The average Bonchev–Trinajstić information content (AvgIpc) is 2.92. The Morgan fingerprint density at radius 2 is 1.86 bits per heavy atom. The molecule has 0 saturated heterocycles. The molecular weight excluding hydrogens is 442 g/mol. The van der Waals surface area contributed by atoms with Crippen LogP contribution >= 0.6 is 27.5 Å². The second-order valence-corrected chi connectivity index (χ2v) is 7.91. The standard InChI is InChI=1S/C21H21BrClN3O2/c1-12-5-8-17(9-6-12)26-14(3)20(13(2)25-26)24-21(27)15(4)28-19-10-7-16(23)11-18(19)22/h5-11,15H,1-4H3,(H,24,27). The van der Waals surface area contributed by atoms with E-state index in [2.05, 4.69) is 26.3 Å². The third kappa shape index (κ3) is 4.39. The molecule has 0 bridgehead atoms. The Labute approximate surface area is 177 Å². The molecule has 0 aliphatic carbocycles. The molecule has 2 aromatic carbocycles. The van der Waals surface area contributed by atoms with Crippen molar-refractivity contribution in [1.82, 2.24) is 9.78 Å². The minimum atomic E-state index is -0.695. The number of anilines is 1. The normalized spacial score (nSPS) is 11.9. The summed E-state index contributed by atoms with van der Waals surface area (Å²) in [5.74, 6) is 0.298. The van der Waals surface area contributed by atoms with E-state index in [0.29, 0.717) is 20.9 Å². The van der Waals surface area contributed by atoms with Crippen molar-refractivity contribution in [3.8, 4) is 11.4 Å².